The summed E-state index contributed by atoms with van der Waals surface area (Å²) < 4.78 is 27.1. The second-order valence-corrected chi connectivity index (χ2v) is 19.2. The van der Waals surface area contributed by atoms with Gasteiger partial charge in [-0.2, -0.15) is 0 Å². The topological polar surface area (TPSA) is 94.3 Å². The maximum absolute atomic E-state index is 6.78. The van der Waals surface area contributed by atoms with E-state index in [1.807, 2.05) is 0 Å². The minimum atomic E-state index is -0.0123. The maximum Gasteiger partial charge on any atom is 0.129 e. The summed E-state index contributed by atoms with van der Waals surface area (Å²) in [6.07, 6.45) is -0.0424. The van der Waals surface area contributed by atoms with Crippen LogP contribution in [-0.4, -0.2) is 44.4 Å². The molecule has 4 atom stereocenters. The summed E-state index contributed by atoms with van der Waals surface area (Å²) in [5.41, 5.74) is 10.8. The van der Waals surface area contributed by atoms with Crippen LogP contribution in [0.15, 0.2) is 97.1 Å². The largest absolute Gasteiger partial charge is 0.490 e. The second-order valence-electron chi connectivity index (χ2n) is 19.2. The number of rotatable bonds is 12. The van der Waals surface area contributed by atoms with Crippen molar-refractivity contribution in [3.8, 4) is 68.0 Å². The lowest BCUT2D eigenvalue weighted by Crippen LogP contribution is -2.18. The molecular formula is C56H62N4O4. The second kappa shape index (κ2) is 17.0. The first-order valence-corrected chi connectivity index (χ1v) is 23.2. The van der Waals surface area contributed by atoms with E-state index < -0.39 is 0 Å². The minimum absolute atomic E-state index is 0.00890. The van der Waals surface area contributed by atoms with Gasteiger partial charge in [-0.25, -0.2) is 9.97 Å². The van der Waals surface area contributed by atoms with Crippen molar-refractivity contribution in [3.63, 3.8) is 0 Å². The first-order valence-electron chi connectivity index (χ1n) is 23.2. The number of nitrogens with zero attached hydrogens (tertiary/aromatic N) is 2. The lowest BCUT2D eigenvalue weighted by atomic mass is 10.0. The van der Waals surface area contributed by atoms with Crippen molar-refractivity contribution in [1.82, 2.24) is 19.9 Å². The molecular weight excluding hydrogens is 793 g/mol. The van der Waals surface area contributed by atoms with E-state index in [2.05, 4.69) is 190 Å². The Kier molecular flexibility index (Phi) is 11.4. The average molecular weight is 855 g/mol. The molecule has 8 nitrogen and oxygen atoms in total. The smallest absolute Gasteiger partial charge is 0.129 e. The summed E-state index contributed by atoms with van der Waals surface area (Å²) in [4.78, 5) is 18.7. The van der Waals surface area contributed by atoms with E-state index in [0.717, 1.165) is 112 Å². The SMILES string of the molecule is CC(C)C(C)Oc1cccc2c1-c1cc3[nH]c(cc4nc(cc5[nH]c(cc-2n1)c1c(OC(C)C(C)C)cccc51)-c1c(OC(C)C(C)C)cccc1-4)c1c(OC(C)C(C)C)cccc31. The highest BCUT2D eigenvalue weighted by Crippen LogP contribution is 2.47. The van der Waals surface area contributed by atoms with Gasteiger partial charge in [0.2, 0.25) is 0 Å². The molecule has 0 spiro atoms. The molecule has 9 rings (SSSR count). The molecule has 4 aromatic carbocycles. The van der Waals surface area contributed by atoms with Crippen LogP contribution in [0.1, 0.15) is 83.1 Å². The van der Waals surface area contributed by atoms with Gasteiger partial charge < -0.3 is 28.9 Å². The zero-order valence-corrected chi connectivity index (χ0v) is 39.4. The van der Waals surface area contributed by atoms with Gasteiger partial charge in [0.25, 0.3) is 0 Å². The Morgan fingerprint density at radius 2 is 0.672 bits per heavy atom. The van der Waals surface area contributed by atoms with E-state index in [4.69, 9.17) is 28.9 Å². The number of aromatic amines is 2. The molecule has 0 amide bonds. The quantitative estimate of drug-likeness (QED) is 0.127. The molecule has 3 aromatic heterocycles. The Morgan fingerprint density at radius 1 is 0.359 bits per heavy atom. The van der Waals surface area contributed by atoms with Gasteiger partial charge in [-0.05, 0) is 99.9 Å². The third-order valence-electron chi connectivity index (χ3n) is 13.4. The summed E-state index contributed by atoms with van der Waals surface area (Å²) in [6.45, 7) is 26.0. The molecule has 8 heteroatoms. The number of nitrogens with one attached hydrogen (secondary N) is 2. The Morgan fingerprint density at radius 3 is 1.03 bits per heavy atom. The third-order valence-corrected chi connectivity index (χ3v) is 13.4. The lowest BCUT2D eigenvalue weighted by molar-refractivity contribution is 0.171. The first kappa shape index (κ1) is 43.0. The van der Waals surface area contributed by atoms with Crippen LogP contribution in [0.4, 0.5) is 0 Å². The van der Waals surface area contributed by atoms with Crippen LogP contribution in [-0.2, 0) is 0 Å². The molecule has 8 bridgehead atoms. The molecule has 5 heterocycles. The Bertz CT molecular complexity index is 2860. The van der Waals surface area contributed by atoms with Crippen LogP contribution in [0.25, 0.3) is 88.6 Å². The van der Waals surface area contributed by atoms with Crippen molar-refractivity contribution in [2.45, 2.75) is 108 Å². The molecule has 2 aliphatic heterocycles. The van der Waals surface area contributed by atoms with E-state index in [1.54, 1.807) is 0 Å². The lowest BCUT2D eigenvalue weighted by Gasteiger charge is -2.20. The molecule has 2 N–H and O–H groups in total. The van der Waals surface area contributed by atoms with Crippen LogP contribution in [0.2, 0.25) is 0 Å². The number of H-pyrrole nitrogens is 2. The van der Waals surface area contributed by atoms with Crippen LogP contribution in [0.5, 0.6) is 23.0 Å². The number of ether oxygens (including phenoxy) is 4. The summed E-state index contributed by atoms with van der Waals surface area (Å²) in [7, 11) is 0. The molecule has 4 unspecified atom stereocenters. The predicted molar refractivity (Wildman–Crippen MR) is 265 cm³/mol. The van der Waals surface area contributed by atoms with Crippen LogP contribution in [0, 0.1) is 23.7 Å². The van der Waals surface area contributed by atoms with Crippen LogP contribution < -0.4 is 18.9 Å². The highest BCUT2D eigenvalue weighted by Gasteiger charge is 2.27. The minimum Gasteiger partial charge on any atom is -0.490 e. The molecule has 0 aliphatic carbocycles. The van der Waals surface area contributed by atoms with Gasteiger partial charge >= 0.3 is 0 Å². The fourth-order valence-corrected chi connectivity index (χ4v) is 8.28. The number of hydrogen-bond donors (Lipinski definition) is 2. The molecule has 0 saturated carbocycles. The summed E-state index contributed by atoms with van der Waals surface area (Å²) >= 11 is 0. The molecule has 0 saturated heterocycles. The number of hydrogen-bond acceptors (Lipinski definition) is 6. The van der Waals surface area contributed by atoms with Gasteiger partial charge in [0, 0.05) is 43.7 Å². The number of fused-ring (bicyclic) bond motifs is 20. The number of benzene rings is 4. The van der Waals surface area contributed by atoms with Crippen molar-refractivity contribution in [3.05, 3.63) is 97.1 Å². The van der Waals surface area contributed by atoms with E-state index >= 15 is 0 Å². The predicted octanol–water partition coefficient (Wildman–Crippen LogP) is 15.0. The highest BCUT2D eigenvalue weighted by molar-refractivity contribution is 6.13. The highest BCUT2D eigenvalue weighted by atomic mass is 16.5. The summed E-state index contributed by atoms with van der Waals surface area (Å²) in [5.74, 6) is 4.51. The van der Waals surface area contributed by atoms with Gasteiger partial charge in [-0.3, -0.25) is 0 Å². The van der Waals surface area contributed by atoms with Crippen LogP contribution in [0.3, 0.4) is 0 Å². The molecule has 2 aliphatic rings. The van der Waals surface area contributed by atoms with E-state index in [9.17, 15) is 0 Å². The van der Waals surface area contributed by atoms with Gasteiger partial charge in [-0.1, -0.05) is 104 Å². The Labute approximate surface area is 377 Å². The fourth-order valence-electron chi connectivity index (χ4n) is 8.28. The van der Waals surface area contributed by atoms with E-state index in [-0.39, 0.29) is 24.4 Å². The fraction of sp³-hybridized carbons (Fsp3) is 0.357. The Hall–Kier alpha value is -6.28. The summed E-state index contributed by atoms with van der Waals surface area (Å²) in [6, 6.07) is 33.9. The van der Waals surface area contributed by atoms with E-state index in [1.165, 1.54) is 0 Å². The van der Waals surface area contributed by atoms with Crippen molar-refractivity contribution in [2.75, 3.05) is 0 Å². The van der Waals surface area contributed by atoms with Crippen molar-refractivity contribution >= 4 is 43.6 Å². The van der Waals surface area contributed by atoms with Crippen molar-refractivity contribution < 1.29 is 18.9 Å². The number of aromatic nitrogens is 4. The standard InChI is InChI=1S/C56H62N4O4/c1-29(2)33(9)61-49-21-13-17-37-41-26-46-55-39(19-15-23-51(55)63-35(11)31(5)6)43(59-46)28-48-56-40(20-16-24-52(56)64-36(12)32(7)8)44(60-48)27-47-54-38(42(58-47)25-45(57-41)53(37)49)18-14-22-50(54)62-34(10)30(3)4/h13-36,57,60H,1-12H3. The van der Waals surface area contributed by atoms with Gasteiger partial charge in [0.15, 0.2) is 0 Å². The summed E-state index contributed by atoms with van der Waals surface area (Å²) in [5, 5.41) is 4.03. The zero-order chi connectivity index (χ0) is 45.1. The van der Waals surface area contributed by atoms with E-state index in [0.29, 0.717) is 23.7 Å². The Balaban J connectivity index is 1.45. The first-order chi connectivity index (χ1) is 30.7. The molecule has 0 fully saturated rings. The zero-order valence-electron chi connectivity index (χ0n) is 39.4. The molecule has 0 radical (unpaired) electrons. The third kappa shape index (κ3) is 7.86. The van der Waals surface area contributed by atoms with Crippen molar-refractivity contribution in [1.29, 1.82) is 0 Å². The average Bonchev–Trinajstić information content (AvgIpc) is 4.00. The van der Waals surface area contributed by atoms with Crippen molar-refractivity contribution in [2.24, 2.45) is 23.7 Å². The van der Waals surface area contributed by atoms with Gasteiger partial charge in [-0.15, -0.1) is 0 Å². The van der Waals surface area contributed by atoms with Gasteiger partial charge in [0.05, 0.1) is 69.4 Å². The van der Waals surface area contributed by atoms with Crippen LogP contribution >= 0.6 is 0 Å². The molecule has 64 heavy (non-hydrogen) atoms. The molecule has 7 aromatic rings. The normalized spacial score (nSPS) is 14.2. The maximum atomic E-state index is 6.78. The van der Waals surface area contributed by atoms with Gasteiger partial charge in [0.1, 0.15) is 23.0 Å². The molecule has 330 valence electrons. The monoisotopic (exact) mass is 854 g/mol.